The second-order valence-electron chi connectivity index (χ2n) is 6.03. The summed E-state index contributed by atoms with van der Waals surface area (Å²) in [5.41, 5.74) is 0. The van der Waals surface area contributed by atoms with Gasteiger partial charge in [0.05, 0.1) is 17.4 Å². The van der Waals surface area contributed by atoms with E-state index in [0.29, 0.717) is 23.2 Å². The van der Waals surface area contributed by atoms with E-state index in [2.05, 4.69) is 0 Å². The molecule has 1 aliphatic carbocycles. The van der Waals surface area contributed by atoms with E-state index in [0.717, 1.165) is 40.5 Å². The van der Waals surface area contributed by atoms with Crippen molar-refractivity contribution in [1.82, 2.24) is 0 Å². The predicted molar refractivity (Wildman–Crippen MR) is 93.3 cm³/mol. The van der Waals surface area contributed by atoms with Crippen molar-refractivity contribution >= 4 is 31.5 Å². The molecule has 1 aromatic heterocycles. The Bertz CT molecular complexity index is 851. The zero-order chi connectivity index (χ0) is 15.8. The van der Waals surface area contributed by atoms with Gasteiger partial charge in [0.25, 0.3) is 0 Å². The van der Waals surface area contributed by atoms with Crippen LogP contribution < -0.4 is 9.47 Å². The molecule has 0 amide bonds. The van der Waals surface area contributed by atoms with Crippen molar-refractivity contribution in [2.45, 2.75) is 38.7 Å². The number of hydrogen-bond donors (Lipinski definition) is 0. The van der Waals surface area contributed by atoms with Crippen LogP contribution in [0.5, 0.6) is 11.5 Å². The molecule has 0 aliphatic heterocycles. The smallest absolute Gasteiger partial charge is 0.182 e. The van der Waals surface area contributed by atoms with Crippen LogP contribution in [0.15, 0.2) is 30.3 Å². The van der Waals surface area contributed by atoms with Gasteiger partial charge in [-0.25, -0.2) is 4.39 Å². The Morgan fingerprint density at radius 2 is 2.00 bits per heavy atom. The van der Waals surface area contributed by atoms with Gasteiger partial charge in [-0.1, -0.05) is 6.92 Å². The summed E-state index contributed by atoms with van der Waals surface area (Å²) in [7, 11) is 0. The summed E-state index contributed by atoms with van der Waals surface area (Å²) < 4.78 is 27.8. The van der Waals surface area contributed by atoms with Gasteiger partial charge in [0, 0.05) is 15.5 Å². The Morgan fingerprint density at radius 1 is 1.17 bits per heavy atom. The predicted octanol–water partition coefficient (Wildman–Crippen LogP) is 5.91. The van der Waals surface area contributed by atoms with E-state index in [1.807, 2.05) is 31.2 Å². The number of rotatable bonds is 5. The molecule has 0 atom stereocenters. The Morgan fingerprint density at radius 3 is 2.74 bits per heavy atom. The Hall–Kier alpha value is -1.81. The zero-order valence-corrected chi connectivity index (χ0v) is 13.9. The maximum Gasteiger partial charge on any atom is 0.182 e. The number of hydrogen-bond acceptors (Lipinski definition) is 3. The third kappa shape index (κ3) is 2.65. The molecule has 3 aromatic rings. The first-order chi connectivity index (χ1) is 11.3. The van der Waals surface area contributed by atoms with Gasteiger partial charge in [0.15, 0.2) is 11.6 Å². The first-order valence-electron chi connectivity index (χ1n) is 8.20. The van der Waals surface area contributed by atoms with E-state index >= 15 is 0 Å². The van der Waals surface area contributed by atoms with E-state index in [9.17, 15) is 4.39 Å². The molecular formula is C19H19FO2S. The lowest BCUT2D eigenvalue weighted by Crippen LogP contribution is -2.24. The van der Waals surface area contributed by atoms with Gasteiger partial charge in [-0.15, -0.1) is 11.3 Å². The molecule has 0 spiro atoms. The van der Waals surface area contributed by atoms with Gasteiger partial charge < -0.3 is 9.47 Å². The highest BCUT2D eigenvalue weighted by molar-refractivity contribution is 7.25. The van der Waals surface area contributed by atoms with E-state index < -0.39 is 0 Å². The van der Waals surface area contributed by atoms with Crippen LogP contribution >= 0.6 is 11.3 Å². The standard InChI is InChI=1S/C19H19FO2S/c1-2-10-21-16-9-8-15-14-7-6-13(22-12-4-3-5-12)11-17(14)23-19(15)18(16)20/h6-9,11-12H,2-5,10H2,1H3. The molecular weight excluding hydrogens is 311 g/mol. The summed E-state index contributed by atoms with van der Waals surface area (Å²) in [6, 6.07) is 9.75. The van der Waals surface area contributed by atoms with Crippen LogP contribution in [0.25, 0.3) is 20.2 Å². The summed E-state index contributed by atoms with van der Waals surface area (Å²) in [5, 5.41) is 2.02. The topological polar surface area (TPSA) is 18.5 Å². The largest absolute Gasteiger partial charge is 0.490 e. The zero-order valence-electron chi connectivity index (χ0n) is 13.1. The fraction of sp³-hybridized carbons (Fsp3) is 0.368. The average molecular weight is 330 g/mol. The van der Waals surface area contributed by atoms with Gasteiger partial charge in [-0.3, -0.25) is 0 Å². The molecule has 1 saturated carbocycles. The molecule has 0 unspecified atom stereocenters. The molecule has 1 aliphatic rings. The molecule has 120 valence electrons. The van der Waals surface area contributed by atoms with Gasteiger partial charge >= 0.3 is 0 Å². The second kappa shape index (κ2) is 6.00. The summed E-state index contributed by atoms with van der Waals surface area (Å²) in [5.74, 6) is 0.979. The molecule has 0 bridgehead atoms. The fourth-order valence-electron chi connectivity index (χ4n) is 2.85. The summed E-state index contributed by atoms with van der Waals surface area (Å²) >= 11 is 1.47. The number of ether oxygens (including phenoxy) is 2. The number of benzene rings is 2. The van der Waals surface area contributed by atoms with Gasteiger partial charge in [-0.2, -0.15) is 0 Å². The van der Waals surface area contributed by atoms with Crippen molar-refractivity contribution < 1.29 is 13.9 Å². The van der Waals surface area contributed by atoms with Gasteiger partial charge in [0.2, 0.25) is 0 Å². The monoisotopic (exact) mass is 330 g/mol. The molecule has 23 heavy (non-hydrogen) atoms. The normalized spacial score (nSPS) is 15.0. The van der Waals surface area contributed by atoms with E-state index in [1.165, 1.54) is 17.8 Å². The van der Waals surface area contributed by atoms with Crippen LogP contribution in [0, 0.1) is 5.82 Å². The first kappa shape index (κ1) is 14.8. The molecule has 1 fully saturated rings. The molecule has 1 heterocycles. The summed E-state index contributed by atoms with van der Waals surface area (Å²) in [6.45, 7) is 2.55. The van der Waals surface area contributed by atoms with Crippen molar-refractivity contribution in [1.29, 1.82) is 0 Å². The number of fused-ring (bicyclic) bond motifs is 3. The minimum absolute atomic E-state index is 0.251. The number of halogens is 1. The van der Waals surface area contributed by atoms with Crippen LogP contribution in [0.3, 0.4) is 0 Å². The highest BCUT2D eigenvalue weighted by atomic mass is 32.1. The molecule has 4 heteroatoms. The first-order valence-corrected chi connectivity index (χ1v) is 9.02. The quantitative estimate of drug-likeness (QED) is 0.578. The second-order valence-corrected chi connectivity index (χ2v) is 7.09. The van der Waals surface area contributed by atoms with Crippen molar-refractivity contribution in [3.05, 3.63) is 36.1 Å². The van der Waals surface area contributed by atoms with Crippen LogP contribution in [0.4, 0.5) is 4.39 Å². The minimum atomic E-state index is -0.251. The van der Waals surface area contributed by atoms with Crippen molar-refractivity contribution in [2.24, 2.45) is 0 Å². The van der Waals surface area contributed by atoms with Gasteiger partial charge in [0.1, 0.15) is 5.75 Å². The van der Waals surface area contributed by atoms with Crippen molar-refractivity contribution in [3.8, 4) is 11.5 Å². The van der Waals surface area contributed by atoms with Crippen molar-refractivity contribution in [2.75, 3.05) is 6.61 Å². The van der Waals surface area contributed by atoms with Crippen molar-refractivity contribution in [3.63, 3.8) is 0 Å². The third-order valence-electron chi connectivity index (χ3n) is 4.33. The van der Waals surface area contributed by atoms with Crippen LogP contribution in [-0.2, 0) is 0 Å². The highest BCUT2D eigenvalue weighted by Gasteiger charge is 2.20. The summed E-state index contributed by atoms with van der Waals surface area (Å²) in [6.07, 6.45) is 4.74. The maximum absolute atomic E-state index is 14.7. The minimum Gasteiger partial charge on any atom is -0.490 e. The molecule has 0 N–H and O–H groups in total. The SMILES string of the molecule is CCCOc1ccc2c(sc3cc(OC4CCC4)ccc32)c1F. The van der Waals surface area contributed by atoms with E-state index in [-0.39, 0.29) is 5.82 Å². The Kier molecular flexibility index (Phi) is 3.85. The Labute approximate surface area is 138 Å². The molecule has 0 radical (unpaired) electrons. The summed E-state index contributed by atoms with van der Waals surface area (Å²) in [4.78, 5) is 0. The molecule has 2 nitrogen and oxygen atoms in total. The number of thiophene rings is 1. The van der Waals surface area contributed by atoms with Crippen LogP contribution in [-0.4, -0.2) is 12.7 Å². The van der Waals surface area contributed by atoms with Crippen LogP contribution in [0.2, 0.25) is 0 Å². The third-order valence-corrected chi connectivity index (χ3v) is 5.49. The Balaban J connectivity index is 1.74. The highest BCUT2D eigenvalue weighted by Crippen LogP contribution is 2.40. The van der Waals surface area contributed by atoms with E-state index in [4.69, 9.17) is 9.47 Å². The lowest BCUT2D eigenvalue weighted by Gasteiger charge is -2.26. The van der Waals surface area contributed by atoms with Gasteiger partial charge in [-0.05, 0) is 56.0 Å². The molecule has 0 saturated heterocycles. The van der Waals surface area contributed by atoms with Crippen LogP contribution in [0.1, 0.15) is 32.6 Å². The lowest BCUT2D eigenvalue weighted by atomic mass is 9.96. The lowest BCUT2D eigenvalue weighted by molar-refractivity contribution is 0.120. The fourth-order valence-corrected chi connectivity index (χ4v) is 4.01. The van der Waals surface area contributed by atoms with E-state index in [1.54, 1.807) is 6.07 Å². The average Bonchev–Trinajstić information content (AvgIpc) is 2.89. The molecule has 4 rings (SSSR count). The molecule has 2 aromatic carbocycles. The maximum atomic E-state index is 14.7.